The van der Waals surface area contributed by atoms with Crippen LogP contribution in [0.1, 0.15) is 25.8 Å². The first-order valence-corrected chi connectivity index (χ1v) is 7.70. The summed E-state index contributed by atoms with van der Waals surface area (Å²) in [5, 5.41) is 9.04. The molecule has 1 aromatic carbocycles. The van der Waals surface area contributed by atoms with Crippen molar-refractivity contribution in [3.8, 4) is 5.75 Å². The summed E-state index contributed by atoms with van der Waals surface area (Å²) in [5.74, 6) is 0.515. The Labute approximate surface area is 114 Å². The van der Waals surface area contributed by atoms with Gasteiger partial charge >= 0.3 is 0 Å². The third-order valence-electron chi connectivity index (χ3n) is 3.02. The fourth-order valence-electron chi connectivity index (χ4n) is 1.51. The van der Waals surface area contributed by atoms with Crippen LogP contribution in [0.2, 0.25) is 0 Å². The molecule has 0 radical (unpaired) electrons. The van der Waals surface area contributed by atoms with Crippen molar-refractivity contribution < 1.29 is 18.3 Å². The van der Waals surface area contributed by atoms with Gasteiger partial charge in [-0.25, -0.2) is 13.1 Å². The van der Waals surface area contributed by atoms with E-state index in [0.717, 1.165) is 6.42 Å². The first-order chi connectivity index (χ1) is 8.94. The van der Waals surface area contributed by atoms with Crippen molar-refractivity contribution in [3.63, 3.8) is 0 Å². The van der Waals surface area contributed by atoms with Crippen molar-refractivity contribution in [3.05, 3.63) is 23.8 Å². The lowest BCUT2D eigenvalue weighted by atomic mass is 10.1. The van der Waals surface area contributed by atoms with Gasteiger partial charge in [-0.05, 0) is 23.6 Å². The van der Waals surface area contributed by atoms with Crippen LogP contribution < -0.4 is 9.46 Å². The zero-order chi connectivity index (χ0) is 14.5. The van der Waals surface area contributed by atoms with Gasteiger partial charge in [0.15, 0.2) is 0 Å². The van der Waals surface area contributed by atoms with Crippen LogP contribution in [0.4, 0.5) is 0 Å². The van der Waals surface area contributed by atoms with E-state index in [-0.39, 0.29) is 23.2 Å². The van der Waals surface area contributed by atoms with Crippen molar-refractivity contribution >= 4 is 10.0 Å². The summed E-state index contributed by atoms with van der Waals surface area (Å²) >= 11 is 0. The highest BCUT2D eigenvalue weighted by atomic mass is 32.2. The molecule has 0 aliphatic carbocycles. The number of rotatable bonds is 7. The van der Waals surface area contributed by atoms with E-state index in [9.17, 15) is 8.42 Å². The summed E-state index contributed by atoms with van der Waals surface area (Å²) in [7, 11) is -2.18. The molecule has 1 atom stereocenters. The smallest absolute Gasteiger partial charge is 0.244 e. The Hall–Kier alpha value is -1.11. The van der Waals surface area contributed by atoms with Gasteiger partial charge in [-0.15, -0.1) is 0 Å². The topological polar surface area (TPSA) is 75.6 Å². The third-order valence-corrected chi connectivity index (χ3v) is 4.48. The highest BCUT2D eigenvalue weighted by Crippen LogP contribution is 2.25. The van der Waals surface area contributed by atoms with Gasteiger partial charge in [-0.2, -0.15) is 0 Å². The highest BCUT2D eigenvalue weighted by molar-refractivity contribution is 7.89. The molecule has 6 heteroatoms. The maximum absolute atomic E-state index is 12.2. The molecule has 0 aliphatic heterocycles. The van der Waals surface area contributed by atoms with Crippen molar-refractivity contribution in [2.24, 2.45) is 5.92 Å². The van der Waals surface area contributed by atoms with Crippen molar-refractivity contribution in [1.82, 2.24) is 4.72 Å². The number of hydrogen-bond donors (Lipinski definition) is 2. The number of hydrogen-bond acceptors (Lipinski definition) is 4. The fourth-order valence-corrected chi connectivity index (χ4v) is 2.82. The Balaban J connectivity index is 3.00. The van der Waals surface area contributed by atoms with Crippen molar-refractivity contribution in [2.45, 2.75) is 31.8 Å². The molecule has 0 aromatic heterocycles. The van der Waals surface area contributed by atoms with E-state index < -0.39 is 10.0 Å². The molecule has 0 amide bonds. The summed E-state index contributed by atoms with van der Waals surface area (Å²) in [6, 6.07) is 4.54. The van der Waals surface area contributed by atoms with Gasteiger partial charge in [0.05, 0.1) is 13.7 Å². The molecule has 5 nitrogen and oxygen atoms in total. The number of nitrogens with one attached hydrogen (secondary N) is 1. The number of aliphatic hydroxyl groups is 1. The van der Waals surface area contributed by atoms with Crippen LogP contribution in [0.3, 0.4) is 0 Å². The molecule has 2 N–H and O–H groups in total. The lowest BCUT2D eigenvalue weighted by Gasteiger charge is -2.13. The number of methoxy groups -OCH3 is 1. The number of benzene rings is 1. The lowest BCUT2D eigenvalue weighted by Crippen LogP contribution is -2.28. The van der Waals surface area contributed by atoms with Gasteiger partial charge in [-0.3, -0.25) is 0 Å². The van der Waals surface area contributed by atoms with E-state index >= 15 is 0 Å². The second-order valence-corrected chi connectivity index (χ2v) is 6.24. The van der Waals surface area contributed by atoms with E-state index in [4.69, 9.17) is 9.84 Å². The molecule has 0 saturated heterocycles. The molecule has 0 spiro atoms. The molecule has 0 saturated carbocycles. The monoisotopic (exact) mass is 287 g/mol. The van der Waals surface area contributed by atoms with Crippen LogP contribution in [0.15, 0.2) is 23.1 Å². The Bertz CT molecular complexity index is 513. The molecule has 1 aromatic rings. The van der Waals surface area contributed by atoms with E-state index in [1.807, 2.05) is 13.8 Å². The van der Waals surface area contributed by atoms with E-state index in [2.05, 4.69) is 4.72 Å². The van der Waals surface area contributed by atoms with Crippen LogP contribution in [-0.4, -0.2) is 27.2 Å². The van der Waals surface area contributed by atoms with Gasteiger partial charge in [-0.1, -0.05) is 26.3 Å². The summed E-state index contributed by atoms with van der Waals surface area (Å²) in [5.41, 5.74) is 0.609. The SMILES string of the molecule is CCC(C)CNS(=O)(=O)c1ccc(CO)cc1OC. The molecular formula is C13H21NO4S. The standard InChI is InChI=1S/C13H21NO4S/c1-4-10(2)8-14-19(16,17)13-6-5-11(9-15)7-12(13)18-3/h5-7,10,14-15H,4,8-9H2,1-3H3. The average molecular weight is 287 g/mol. The molecule has 0 bridgehead atoms. The molecule has 1 rings (SSSR count). The lowest BCUT2D eigenvalue weighted by molar-refractivity contribution is 0.280. The van der Waals surface area contributed by atoms with E-state index in [1.165, 1.54) is 19.2 Å². The van der Waals surface area contributed by atoms with E-state index in [0.29, 0.717) is 12.1 Å². The van der Waals surface area contributed by atoms with Crippen LogP contribution in [0, 0.1) is 5.92 Å². The zero-order valence-corrected chi connectivity index (χ0v) is 12.3. The minimum atomic E-state index is -3.59. The van der Waals surface area contributed by atoms with Gasteiger partial charge in [0.25, 0.3) is 0 Å². The summed E-state index contributed by atoms with van der Waals surface area (Å²) in [6.45, 7) is 4.23. The predicted octanol–water partition coefficient (Wildman–Crippen LogP) is 1.51. The fraction of sp³-hybridized carbons (Fsp3) is 0.538. The summed E-state index contributed by atoms with van der Waals surface area (Å²) < 4.78 is 32.0. The van der Waals surface area contributed by atoms with Crippen LogP contribution in [-0.2, 0) is 16.6 Å². The second kappa shape index (κ2) is 6.88. The molecule has 0 aliphatic rings. The Morgan fingerprint density at radius 2 is 2.11 bits per heavy atom. The maximum atomic E-state index is 12.2. The first-order valence-electron chi connectivity index (χ1n) is 6.22. The quantitative estimate of drug-likeness (QED) is 0.797. The van der Waals surface area contributed by atoms with Crippen LogP contribution >= 0.6 is 0 Å². The Morgan fingerprint density at radius 3 is 2.63 bits per heavy atom. The van der Waals surface area contributed by atoms with Crippen molar-refractivity contribution in [2.75, 3.05) is 13.7 Å². The van der Waals surface area contributed by atoms with Crippen molar-refractivity contribution in [1.29, 1.82) is 0 Å². The first kappa shape index (κ1) is 15.9. The summed E-state index contributed by atoms with van der Waals surface area (Å²) in [6.07, 6.45) is 0.906. The van der Waals surface area contributed by atoms with Crippen LogP contribution in [0.25, 0.3) is 0 Å². The van der Waals surface area contributed by atoms with Gasteiger partial charge in [0.1, 0.15) is 10.6 Å². The van der Waals surface area contributed by atoms with Crippen LogP contribution in [0.5, 0.6) is 5.75 Å². The molecule has 19 heavy (non-hydrogen) atoms. The number of aliphatic hydroxyl groups excluding tert-OH is 1. The normalized spacial score (nSPS) is 13.3. The molecule has 1 unspecified atom stereocenters. The molecule has 0 heterocycles. The third kappa shape index (κ3) is 4.19. The largest absolute Gasteiger partial charge is 0.495 e. The number of ether oxygens (including phenoxy) is 1. The molecule has 108 valence electrons. The van der Waals surface area contributed by atoms with Gasteiger partial charge in [0.2, 0.25) is 10.0 Å². The maximum Gasteiger partial charge on any atom is 0.244 e. The minimum absolute atomic E-state index is 0.0931. The van der Waals surface area contributed by atoms with Gasteiger partial charge in [0, 0.05) is 6.54 Å². The summed E-state index contributed by atoms with van der Waals surface area (Å²) in [4.78, 5) is 0.0931. The average Bonchev–Trinajstić information content (AvgIpc) is 2.43. The number of sulfonamides is 1. The minimum Gasteiger partial charge on any atom is -0.495 e. The second-order valence-electron chi connectivity index (χ2n) is 4.51. The Morgan fingerprint density at radius 1 is 1.42 bits per heavy atom. The molecular weight excluding hydrogens is 266 g/mol. The zero-order valence-electron chi connectivity index (χ0n) is 11.5. The molecule has 0 fully saturated rings. The highest BCUT2D eigenvalue weighted by Gasteiger charge is 2.20. The van der Waals surface area contributed by atoms with E-state index in [1.54, 1.807) is 6.07 Å². The Kier molecular flexibility index (Phi) is 5.78. The predicted molar refractivity (Wildman–Crippen MR) is 73.6 cm³/mol. The van der Waals surface area contributed by atoms with Gasteiger partial charge < -0.3 is 9.84 Å².